The van der Waals surface area contributed by atoms with Crippen LogP contribution in [0.2, 0.25) is 5.02 Å². The SMILES string of the molecule is O=c1sc2c(n1CNC1(c3ccc(Cl)cc3)CCCC1)CCCC2. The summed E-state index contributed by atoms with van der Waals surface area (Å²) in [6.45, 7) is 0.618. The Morgan fingerprint density at radius 1 is 1.08 bits per heavy atom. The van der Waals surface area contributed by atoms with Crippen LogP contribution in [0.1, 0.15) is 54.7 Å². The Labute approximate surface area is 151 Å². The molecule has 0 radical (unpaired) electrons. The molecule has 2 aliphatic rings. The quantitative estimate of drug-likeness (QED) is 0.871. The van der Waals surface area contributed by atoms with Gasteiger partial charge in [-0.15, -0.1) is 0 Å². The van der Waals surface area contributed by atoms with Crippen LogP contribution < -0.4 is 10.2 Å². The normalized spacial score (nSPS) is 19.4. The molecule has 0 unspecified atom stereocenters. The highest BCUT2D eigenvalue weighted by atomic mass is 35.5. The van der Waals surface area contributed by atoms with E-state index in [1.807, 2.05) is 16.7 Å². The van der Waals surface area contributed by atoms with E-state index in [0.29, 0.717) is 6.67 Å². The van der Waals surface area contributed by atoms with E-state index >= 15 is 0 Å². The molecule has 128 valence electrons. The van der Waals surface area contributed by atoms with Crippen LogP contribution >= 0.6 is 22.9 Å². The monoisotopic (exact) mass is 362 g/mol. The summed E-state index contributed by atoms with van der Waals surface area (Å²) in [5.74, 6) is 0. The number of aryl methyl sites for hydroxylation is 1. The third-order valence-corrected chi connectivity index (χ3v) is 6.91. The fraction of sp³-hybridized carbons (Fsp3) is 0.526. The van der Waals surface area contributed by atoms with Crippen LogP contribution in [0.25, 0.3) is 0 Å². The molecule has 0 spiro atoms. The summed E-state index contributed by atoms with van der Waals surface area (Å²) in [5, 5.41) is 4.52. The lowest BCUT2D eigenvalue weighted by Gasteiger charge is -2.32. The predicted molar refractivity (Wildman–Crippen MR) is 100.0 cm³/mol. The molecule has 2 aromatic rings. The first-order chi connectivity index (χ1) is 11.7. The number of fused-ring (bicyclic) bond motifs is 1. The third-order valence-electron chi connectivity index (χ3n) is 5.58. The van der Waals surface area contributed by atoms with Gasteiger partial charge >= 0.3 is 4.87 Å². The molecule has 0 saturated heterocycles. The molecule has 24 heavy (non-hydrogen) atoms. The van der Waals surface area contributed by atoms with Crippen LogP contribution in [0.5, 0.6) is 0 Å². The molecule has 3 nitrogen and oxygen atoms in total. The fourth-order valence-electron chi connectivity index (χ4n) is 4.23. The van der Waals surface area contributed by atoms with Crippen molar-refractivity contribution in [3.05, 3.63) is 55.1 Å². The van der Waals surface area contributed by atoms with Crippen LogP contribution in [0.4, 0.5) is 0 Å². The van der Waals surface area contributed by atoms with E-state index in [1.165, 1.54) is 53.2 Å². The number of nitrogens with one attached hydrogen (secondary N) is 1. The summed E-state index contributed by atoms with van der Waals surface area (Å²) < 4.78 is 1.98. The van der Waals surface area contributed by atoms with E-state index in [2.05, 4.69) is 17.4 Å². The average Bonchev–Trinajstić information content (AvgIpc) is 3.18. The topological polar surface area (TPSA) is 34.0 Å². The molecule has 1 saturated carbocycles. The number of rotatable bonds is 4. The van der Waals surface area contributed by atoms with E-state index in [1.54, 1.807) is 0 Å². The number of hydrogen-bond acceptors (Lipinski definition) is 3. The Bertz CT molecular complexity index is 772. The van der Waals surface area contributed by atoms with Gasteiger partial charge in [0.05, 0.1) is 6.67 Å². The number of halogens is 1. The maximum Gasteiger partial charge on any atom is 0.308 e. The average molecular weight is 363 g/mol. The van der Waals surface area contributed by atoms with Crippen LogP contribution in [-0.2, 0) is 25.0 Å². The van der Waals surface area contributed by atoms with Crippen molar-refractivity contribution < 1.29 is 0 Å². The zero-order valence-corrected chi connectivity index (χ0v) is 15.4. The molecule has 0 aliphatic heterocycles. The minimum absolute atomic E-state index is 0.0203. The van der Waals surface area contributed by atoms with E-state index in [-0.39, 0.29) is 10.4 Å². The van der Waals surface area contributed by atoms with Gasteiger partial charge in [-0.05, 0) is 56.2 Å². The molecule has 4 rings (SSSR count). The first kappa shape index (κ1) is 16.4. The maximum absolute atomic E-state index is 12.4. The Morgan fingerprint density at radius 3 is 2.54 bits per heavy atom. The molecule has 0 amide bonds. The van der Waals surface area contributed by atoms with Gasteiger partial charge in [-0.1, -0.05) is 47.9 Å². The summed E-state index contributed by atoms with van der Waals surface area (Å²) in [6.07, 6.45) is 9.23. The van der Waals surface area contributed by atoms with E-state index in [0.717, 1.165) is 30.7 Å². The molecule has 1 aromatic carbocycles. The molecular weight excluding hydrogens is 340 g/mol. The molecule has 1 aromatic heterocycles. The fourth-order valence-corrected chi connectivity index (χ4v) is 5.43. The van der Waals surface area contributed by atoms with E-state index in [4.69, 9.17) is 11.6 Å². The number of thiazole rings is 1. The lowest BCUT2D eigenvalue weighted by Crippen LogP contribution is -2.42. The van der Waals surface area contributed by atoms with Crippen LogP contribution in [-0.4, -0.2) is 4.57 Å². The van der Waals surface area contributed by atoms with Crippen molar-refractivity contribution in [2.75, 3.05) is 0 Å². The molecule has 1 fully saturated rings. The van der Waals surface area contributed by atoms with Gasteiger partial charge in [0, 0.05) is 21.1 Å². The van der Waals surface area contributed by atoms with Crippen molar-refractivity contribution in [3.8, 4) is 0 Å². The van der Waals surface area contributed by atoms with Gasteiger partial charge in [0.2, 0.25) is 0 Å². The molecular formula is C19H23ClN2OS. The lowest BCUT2D eigenvalue weighted by atomic mass is 9.88. The summed E-state index contributed by atoms with van der Waals surface area (Å²) in [5.41, 5.74) is 2.54. The zero-order chi connectivity index (χ0) is 16.6. The maximum atomic E-state index is 12.4. The van der Waals surface area contributed by atoms with Gasteiger partial charge in [-0.25, -0.2) is 0 Å². The van der Waals surface area contributed by atoms with Gasteiger partial charge < -0.3 is 0 Å². The van der Waals surface area contributed by atoms with E-state index < -0.39 is 0 Å². The van der Waals surface area contributed by atoms with Crippen molar-refractivity contribution in [2.24, 2.45) is 0 Å². The van der Waals surface area contributed by atoms with Gasteiger partial charge in [-0.2, -0.15) is 0 Å². The van der Waals surface area contributed by atoms with Crippen molar-refractivity contribution in [1.29, 1.82) is 0 Å². The first-order valence-corrected chi connectivity index (χ1v) is 10.1. The minimum Gasteiger partial charge on any atom is -0.290 e. The number of aromatic nitrogens is 1. The molecule has 2 aliphatic carbocycles. The predicted octanol–water partition coefficient (Wildman–Crippen LogP) is 4.46. The Morgan fingerprint density at radius 2 is 1.79 bits per heavy atom. The van der Waals surface area contributed by atoms with Crippen molar-refractivity contribution in [3.63, 3.8) is 0 Å². The number of benzene rings is 1. The second kappa shape index (κ2) is 6.66. The van der Waals surface area contributed by atoms with Crippen LogP contribution in [0, 0.1) is 0 Å². The Balaban J connectivity index is 1.60. The first-order valence-electron chi connectivity index (χ1n) is 8.90. The minimum atomic E-state index is -0.0203. The van der Waals surface area contributed by atoms with Gasteiger partial charge in [0.25, 0.3) is 0 Å². The van der Waals surface area contributed by atoms with Crippen LogP contribution in [0.15, 0.2) is 29.1 Å². The molecule has 0 atom stereocenters. The summed E-state index contributed by atoms with van der Waals surface area (Å²) in [4.78, 5) is 13.9. The molecule has 5 heteroatoms. The molecule has 0 bridgehead atoms. The zero-order valence-electron chi connectivity index (χ0n) is 13.8. The van der Waals surface area contributed by atoms with Gasteiger partial charge in [-0.3, -0.25) is 14.7 Å². The van der Waals surface area contributed by atoms with Gasteiger partial charge in [0.1, 0.15) is 0 Å². The van der Waals surface area contributed by atoms with E-state index in [9.17, 15) is 4.79 Å². The largest absolute Gasteiger partial charge is 0.308 e. The second-order valence-corrected chi connectivity index (χ2v) is 8.49. The van der Waals surface area contributed by atoms with Crippen molar-refractivity contribution in [2.45, 2.75) is 63.6 Å². The second-order valence-electron chi connectivity index (χ2n) is 7.00. The standard InChI is InChI=1S/C19H23ClN2OS/c20-15-9-7-14(8-10-15)19(11-3-4-12-19)21-13-22-16-5-1-2-6-17(16)24-18(22)23/h7-10,21H,1-6,11-13H2. The molecule has 1 N–H and O–H groups in total. The highest BCUT2D eigenvalue weighted by Crippen LogP contribution is 2.39. The highest BCUT2D eigenvalue weighted by molar-refractivity contribution is 7.09. The van der Waals surface area contributed by atoms with Gasteiger partial charge in [0.15, 0.2) is 0 Å². The molecule has 1 heterocycles. The number of hydrogen-bond donors (Lipinski definition) is 1. The highest BCUT2D eigenvalue weighted by Gasteiger charge is 2.35. The summed E-state index contributed by atoms with van der Waals surface area (Å²) >= 11 is 7.50. The summed E-state index contributed by atoms with van der Waals surface area (Å²) in [6, 6.07) is 8.20. The van der Waals surface area contributed by atoms with Crippen molar-refractivity contribution in [1.82, 2.24) is 9.88 Å². The summed E-state index contributed by atoms with van der Waals surface area (Å²) in [7, 11) is 0. The number of nitrogens with zero attached hydrogens (tertiary/aromatic N) is 1. The van der Waals surface area contributed by atoms with Crippen molar-refractivity contribution >= 4 is 22.9 Å². The smallest absolute Gasteiger partial charge is 0.290 e. The Kier molecular flexibility index (Phi) is 4.54. The lowest BCUT2D eigenvalue weighted by molar-refractivity contribution is 0.303. The third kappa shape index (κ3) is 2.96. The Hall–Kier alpha value is -1.10. The van der Waals surface area contributed by atoms with Crippen LogP contribution in [0.3, 0.4) is 0 Å².